The van der Waals surface area contributed by atoms with Gasteiger partial charge in [0.2, 0.25) is 0 Å². The Hall–Kier alpha value is -1.23. The maximum atomic E-state index is 13.7. The lowest BCUT2D eigenvalue weighted by atomic mass is 9.96. The molecule has 1 atom stereocenters. The van der Waals surface area contributed by atoms with Crippen molar-refractivity contribution in [3.63, 3.8) is 0 Å². The van der Waals surface area contributed by atoms with Crippen molar-refractivity contribution in [3.8, 4) is 0 Å². The van der Waals surface area contributed by atoms with Gasteiger partial charge in [-0.1, -0.05) is 30.3 Å². The maximum Gasteiger partial charge on any atom is 0.137 e. The third-order valence-electron chi connectivity index (χ3n) is 3.66. The lowest BCUT2D eigenvalue weighted by Gasteiger charge is -2.19. The van der Waals surface area contributed by atoms with Gasteiger partial charge in [-0.2, -0.15) is 0 Å². The zero-order chi connectivity index (χ0) is 14.1. The van der Waals surface area contributed by atoms with Crippen molar-refractivity contribution in [3.05, 3.63) is 68.9 Å². The molecule has 0 saturated heterocycles. The molecule has 20 heavy (non-hydrogen) atoms. The molecule has 0 bridgehead atoms. The van der Waals surface area contributed by atoms with Crippen molar-refractivity contribution in [2.45, 2.75) is 19.3 Å². The van der Waals surface area contributed by atoms with Gasteiger partial charge in [0, 0.05) is 0 Å². The molecule has 3 rings (SSSR count). The van der Waals surface area contributed by atoms with E-state index in [9.17, 15) is 4.39 Å². The molecule has 1 N–H and O–H groups in total. The van der Waals surface area contributed by atoms with E-state index in [-0.39, 0.29) is 11.9 Å². The number of rotatable bonds is 3. The summed E-state index contributed by atoms with van der Waals surface area (Å²) in [5, 5.41) is 3.26. The minimum absolute atomic E-state index is 0.0500. The van der Waals surface area contributed by atoms with Gasteiger partial charge in [0.25, 0.3) is 0 Å². The molecular formula is C16H15BrFNO. The molecule has 2 aromatic rings. The number of benzene rings is 2. The predicted molar refractivity (Wildman–Crippen MR) is 79.9 cm³/mol. The molecule has 0 aromatic heterocycles. The second kappa shape index (κ2) is 5.64. The van der Waals surface area contributed by atoms with E-state index in [1.807, 2.05) is 13.1 Å². The fourth-order valence-corrected chi connectivity index (χ4v) is 3.11. The Kier molecular flexibility index (Phi) is 3.87. The highest BCUT2D eigenvalue weighted by Gasteiger charge is 2.19. The highest BCUT2D eigenvalue weighted by molar-refractivity contribution is 9.10. The van der Waals surface area contributed by atoms with Gasteiger partial charge in [0.15, 0.2) is 0 Å². The van der Waals surface area contributed by atoms with Gasteiger partial charge in [-0.15, -0.1) is 0 Å². The second-order valence-corrected chi connectivity index (χ2v) is 5.68. The maximum absolute atomic E-state index is 13.7. The van der Waals surface area contributed by atoms with E-state index in [0.29, 0.717) is 17.7 Å². The van der Waals surface area contributed by atoms with Crippen molar-refractivity contribution in [1.29, 1.82) is 0 Å². The molecule has 0 fully saturated rings. The molecule has 1 aliphatic heterocycles. The third kappa shape index (κ3) is 2.39. The first-order chi connectivity index (χ1) is 9.70. The van der Waals surface area contributed by atoms with Crippen LogP contribution in [0.5, 0.6) is 0 Å². The van der Waals surface area contributed by atoms with Crippen LogP contribution in [0.3, 0.4) is 0 Å². The second-order valence-electron chi connectivity index (χ2n) is 4.89. The lowest BCUT2D eigenvalue weighted by Crippen LogP contribution is -2.18. The van der Waals surface area contributed by atoms with Crippen molar-refractivity contribution in [2.75, 3.05) is 7.05 Å². The van der Waals surface area contributed by atoms with Crippen molar-refractivity contribution >= 4 is 15.9 Å². The van der Waals surface area contributed by atoms with E-state index in [1.165, 1.54) is 17.2 Å². The monoisotopic (exact) mass is 335 g/mol. The summed E-state index contributed by atoms with van der Waals surface area (Å²) >= 11 is 3.34. The Morgan fingerprint density at radius 3 is 2.80 bits per heavy atom. The highest BCUT2D eigenvalue weighted by Crippen LogP contribution is 2.32. The first-order valence-electron chi connectivity index (χ1n) is 6.51. The van der Waals surface area contributed by atoms with Gasteiger partial charge in [0.1, 0.15) is 5.82 Å². The van der Waals surface area contributed by atoms with Crippen LogP contribution in [-0.2, 0) is 18.0 Å². The number of hydrogen-bond donors (Lipinski definition) is 1. The summed E-state index contributed by atoms with van der Waals surface area (Å²) in [5.74, 6) is -0.243. The molecule has 0 aliphatic carbocycles. The first kappa shape index (κ1) is 13.7. The zero-order valence-corrected chi connectivity index (χ0v) is 12.7. The molecule has 0 amide bonds. The van der Waals surface area contributed by atoms with Gasteiger partial charge in [-0.25, -0.2) is 4.39 Å². The average molecular weight is 336 g/mol. The molecule has 104 valence electrons. The van der Waals surface area contributed by atoms with Crippen LogP contribution in [0, 0.1) is 5.82 Å². The summed E-state index contributed by atoms with van der Waals surface area (Å²) in [5.41, 5.74) is 4.46. The largest absolute Gasteiger partial charge is 0.372 e. The Morgan fingerprint density at radius 1 is 1.20 bits per heavy atom. The van der Waals surface area contributed by atoms with E-state index >= 15 is 0 Å². The smallest absolute Gasteiger partial charge is 0.137 e. The fourth-order valence-electron chi connectivity index (χ4n) is 2.62. The summed E-state index contributed by atoms with van der Waals surface area (Å²) in [7, 11) is 1.88. The Labute approximate surface area is 126 Å². The van der Waals surface area contributed by atoms with Crippen LogP contribution in [-0.4, -0.2) is 7.05 Å². The van der Waals surface area contributed by atoms with E-state index in [4.69, 9.17) is 4.74 Å². The van der Waals surface area contributed by atoms with Gasteiger partial charge in [0.05, 0.1) is 23.7 Å². The molecule has 1 aliphatic rings. The van der Waals surface area contributed by atoms with Gasteiger partial charge in [-0.3, -0.25) is 0 Å². The molecule has 1 heterocycles. The van der Waals surface area contributed by atoms with Gasteiger partial charge >= 0.3 is 0 Å². The molecule has 0 spiro atoms. The van der Waals surface area contributed by atoms with Gasteiger partial charge in [-0.05, 0) is 51.3 Å². The van der Waals surface area contributed by atoms with Crippen LogP contribution in [0.15, 0.2) is 40.9 Å². The number of fused-ring (bicyclic) bond motifs is 1. The van der Waals surface area contributed by atoms with E-state index < -0.39 is 0 Å². The predicted octanol–water partition coefficient (Wildman–Crippen LogP) is 3.93. The molecule has 1 unspecified atom stereocenters. The van der Waals surface area contributed by atoms with Gasteiger partial charge < -0.3 is 10.1 Å². The Balaban J connectivity index is 2.03. The van der Waals surface area contributed by atoms with Crippen LogP contribution in [0.1, 0.15) is 28.3 Å². The molecule has 4 heteroatoms. The highest BCUT2D eigenvalue weighted by atomic mass is 79.9. The van der Waals surface area contributed by atoms with Crippen molar-refractivity contribution in [2.24, 2.45) is 0 Å². The quantitative estimate of drug-likeness (QED) is 0.917. The lowest BCUT2D eigenvalue weighted by molar-refractivity contribution is 0.134. The molecule has 0 radical (unpaired) electrons. The van der Waals surface area contributed by atoms with Crippen LogP contribution in [0.4, 0.5) is 4.39 Å². The summed E-state index contributed by atoms with van der Waals surface area (Å²) in [6.07, 6.45) is 0. The van der Waals surface area contributed by atoms with Crippen LogP contribution in [0.25, 0.3) is 0 Å². The molecule has 2 aromatic carbocycles. The minimum Gasteiger partial charge on any atom is -0.372 e. The van der Waals surface area contributed by atoms with E-state index in [1.54, 1.807) is 6.07 Å². The number of nitrogens with one attached hydrogen (secondary N) is 1. The summed E-state index contributed by atoms with van der Waals surface area (Å²) in [4.78, 5) is 0. The standard InChI is InChI=1S/C16H15BrFNO/c1-19-16(13-3-2-4-14(18)15(13)17)10-5-6-11-8-20-9-12(11)7-10/h2-7,16,19H,8-9H2,1H3. The summed E-state index contributed by atoms with van der Waals surface area (Å²) in [6, 6.07) is 11.4. The average Bonchev–Trinajstić information content (AvgIpc) is 2.92. The SMILES string of the molecule is CNC(c1ccc2c(c1)COC2)c1cccc(F)c1Br. The molecule has 2 nitrogen and oxygen atoms in total. The summed E-state index contributed by atoms with van der Waals surface area (Å²) in [6.45, 7) is 1.34. The van der Waals surface area contributed by atoms with E-state index in [0.717, 1.165) is 11.1 Å². The van der Waals surface area contributed by atoms with Crippen molar-refractivity contribution in [1.82, 2.24) is 5.32 Å². The number of ether oxygens (including phenoxy) is 1. The first-order valence-corrected chi connectivity index (χ1v) is 7.30. The fraction of sp³-hybridized carbons (Fsp3) is 0.250. The normalized spacial score (nSPS) is 15.2. The minimum atomic E-state index is -0.243. The number of halogens is 2. The van der Waals surface area contributed by atoms with Crippen LogP contribution >= 0.6 is 15.9 Å². The zero-order valence-electron chi connectivity index (χ0n) is 11.1. The molecule has 0 saturated carbocycles. The number of hydrogen-bond acceptors (Lipinski definition) is 2. The topological polar surface area (TPSA) is 21.3 Å². The molecular weight excluding hydrogens is 321 g/mol. The van der Waals surface area contributed by atoms with Crippen molar-refractivity contribution < 1.29 is 9.13 Å². The Morgan fingerprint density at radius 2 is 2.00 bits per heavy atom. The van der Waals surface area contributed by atoms with Crippen LogP contribution in [0.2, 0.25) is 0 Å². The third-order valence-corrected chi connectivity index (χ3v) is 4.50. The van der Waals surface area contributed by atoms with E-state index in [2.05, 4.69) is 39.4 Å². The Bertz CT molecular complexity index is 644. The summed E-state index contributed by atoms with van der Waals surface area (Å²) < 4.78 is 19.7. The van der Waals surface area contributed by atoms with Crippen LogP contribution < -0.4 is 5.32 Å².